The largest absolute Gasteiger partial charge is 0.0857 e. The van der Waals surface area contributed by atoms with Crippen LogP contribution in [0.15, 0.2) is 0 Å². The van der Waals surface area contributed by atoms with Crippen LogP contribution in [0.5, 0.6) is 0 Å². The van der Waals surface area contributed by atoms with Crippen molar-refractivity contribution in [2.45, 2.75) is 38.9 Å². The molecule has 0 aliphatic heterocycles. The van der Waals surface area contributed by atoms with Gasteiger partial charge >= 0.3 is 0 Å². The van der Waals surface area contributed by atoms with Gasteiger partial charge in [0.05, 0.1) is 0 Å². The lowest BCUT2D eigenvalue weighted by molar-refractivity contribution is -0.0947. The summed E-state index contributed by atoms with van der Waals surface area (Å²) in [5.41, 5.74) is 0.669. The second-order valence-electron chi connectivity index (χ2n) is 5.08. The fraction of sp³-hybridized carbons (Fsp3) is 1.00. The molecule has 0 radical (unpaired) electrons. The van der Waals surface area contributed by atoms with Crippen molar-refractivity contribution in [3.63, 3.8) is 0 Å². The van der Waals surface area contributed by atoms with Crippen molar-refractivity contribution < 1.29 is 0 Å². The maximum Gasteiger partial charge on any atom is 0.0179 e. The number of halogens is 1. The average Bonchev–Trinajstić information content (AvgIpc) is 2.03. The summed E-state index contributed by atoms with van der Waals surface area (Å²) in [5, 5.41) is 0.947. The van der Waals surface area contributed by atoms with E-state index in [0.29, 0.717) is 5.41 Å². The lowest BCUT2D eigenvalue weighted by Crippen LogP contribution is -2.55. The van der Waals surface area contributed by atoms with E-state index >= 15 is 0 Å². The van der Waals surface area contributed by atoms with Crippen LogP contribution in [0.1, 0.15) is 33.6 Å². The molecule has 0 aromatic rings. The van der Waals surface area contributed by atoms with Crippen LogP contribution >= 0.6 is 30.1 Å². The van der Waals surface area contributed by atoms with Crippen LogP contribution in [0, 0.1) is 23.2 Å². The predicted molar refractivity (Wildman–Crippen MR) is 64.6 cm³/mol. The third kappa shape index (κ3) is 1.17. The minimum atomic E-state index is 0.669. The van der Waals surface area contributed by atoms with Gasteiger partial charge in [-0.3, -0.25) is 0 Å². The average molecular weight is 296 g/mol. The molecule has 1 unspecified atom stereocenters. The van der Waals surface area contributed by atoms with Gasteiger partial charge in [0, 0.05) is 5.25 Å². The van der Waals surface area contributed by atoms with Crippen LogP contribution in [-0.2, 0) is 0 Å². The van der Waals surface area contributed by atoms with Gasteiger partial charge in [0.2, 0.25) is 0 Å². The molecule has 2 heteroatoms. The highest BCUT2D eigenvalue weighted by atomic mass is 127. The second-order valence-corrected chi connectivity index (χ2v) is 7.39. The highest BCUT2D eigenvalue weighted by molar-refractivity contribution is 14.2. The molecule has 3 saturated carbocycles. The molecule has 0 spiro atoms. The van der Waals surface area contributed by atoms with Crippen molar-refractivity contribution in [1.82, 2.24) is 0 Å². The van der Waals surface area contributed by atoms with Gasteiger partial charge < -0.3 is 0 Å². The van der Waals surface area contributed by atoms with Crippen LogP contribution in [0.3, 0.4) is 0 Å². The maximum atomic E-state index is 2.48. The molecule has 0 aromatic heterocycles. The Hall–Kier alpha value is 1.08. The number of fused-ring (bicyclic) bond motifs is 2. The van der Waals surface area contributed by atoms with Gasteiger partial charge in [-0.05, 0) is 57.2 Å². The highest BCUT2D eigenvalue weighted by Crippen LogP contribution is 2.63. The van der Waals surface area contributed by atoms with Crippen LogP contribution in [0.25, 0.3) is 0 Å². The van der Waals surface area contributed by atoms with Crippen LogP contribution in [0.2, 0.25) is 0 Å². The SMILES string of the molecule is C[C@H]1C(SI)C[C@@H]2C[C@H]1C2(C)C. The van der Waals surface area contributed by atoms with E-state index in [2.05, 4.69) is 50.9 Å². The summed E-state index contributed by atoms with van der Waals surface area (Å²) in [7, 11) is 2.06. The summed E-state index contributed by atoms with van der Waals surface area (Å²) in [4.78, 5) is 0. The maximum absolute atomic E-state index is 2.48. The van der Waals surface area contributed by atoms with Gasteiger partial charge in [0.15, 0.2) is 0 Å². The molecule has 0 amide bonds. The van der Waals surface area contributed by atoms with E-state index in [1.165, 1.54) is 12.8 Å². The Morgan fingerprint density at radius 2 is 2.00 bits per heavy atom. The second kappa shape index (κ2) is 3.04. The van der Waals surface area contributed by atoms with Crippen LogP contribution in [-0.4, -0.2) is 5.25 Å². The van der Waals surface area contributed by atoms with E-state index in [4.69, 9.17) is 0 Å². The molecule has 2 bridgehead atoms. The Morgan fingerprint density at radius 1 is 1.33 bits per heavy atom. The molecule has 0 nitrogen and oxygen atoms in total. The minimum Gasteiger partial charge on any atom is -0.0857 e. The zero-order chi connectivity index (χ0) is 8.93. The normalized spacial score (nSPS) is 50.0. The van der Waals surface area contributed by atoms with Gasteiger partial charge in [-0.15, -0.1) is 0 Å². The Kier molecular flexibility index (Phi) is 2.44. The molecule has 70 valence electrons. The molecule has 0 aromatic carbocycles. The minimum absolute atomic E-state index is 0.669. The number of hydrogen-bond donors (Lipinski definition) is 0. The summed E-state index contributed by atoms with van der Waals surface area (Å²) in [6.45, 7) is 7.39. The molecule has 0 heterocycles. The van der Waals surface area contributed by atoms with Crippen molar-refractivity contribution in [2.75, 3.05) is 0 Å². The molecule has 12 heavy (non-hydrogen) atoms. The first-order chi connectivity index (χ1) is 5.57. The van der Waals surface area contributed by atoms with Crippen molar-refractivity contribution >= 4 is 30.1 Å². The smallest absolute Gasteiger partial charge is 0.0179 e. The van der Waals surface area contributed by atoms with Gasteiger partial charge in [-0.25, -0.2) is 0 Å². The summed E-state index contributed by atoms with van der Waals surface area (Å²) in [5.74, 6) is 3.00. The quantitative estimate of drug-likeness (QED) is 0.655. The molecule has 3 aliphatic carbocycles. The molecule has 3 aliphatic rings. The topological polar surface area (TPSA) is 0 Å². The van der Waals surface area contributed by atoms with E-state index in [0.717, 1.165) is 23.0 Å². The molecule has 0 saturated heterocycles. The molecule has 4 atom stereocenters. The first kappa shape index (κ1) is 9.63. The monoisotopic (exact) mass is 296 g/mol. The van der Waals surface area contributed by atoms with E-state index in [1.807, 2.05) is 0 Å². The summed E-state index contributed by atoms with van der Waals surface area (Å²) < 4.78 is 0. The fourth-order valence-corrected chi connectivity index (χ4v) is 5.89. The summed E-state index contributed by atoms with van der Waals surface area (Å²) in [6.07, 6.45) is 2.99. The van der Waals surface area contributed by atoms with Crippen molar-refractivity contribution in [1.29, 1.82) is 0 Å². The Labute approximate surface area is 91.8 Å². The Bertz CT molecular complexity index is 190. The van der Waals surface area contributed by atoms with Crippen molar-refractivity contribution in [3.8, 4) is 0 Å². The lowest BCUT2D eigenvalue weighted by Gasteiger charge is -2.61. The van der Waals surface area contributed by atoms with Crippen molar-refractivity contribution in [2.24, 2.45) is 23.2 Å². The molecular weight excluding hydrogens is 279 g/mol. The Balaban J connectivity index is 2.11. The molecule has 3 fully saturated rings. The van der Waals surface area contributed by atoms with E-state index < -0.39 is 0 Å². The standard InChI is InChI=1S/C10H17IS/c1-6-8-4-7(10(8,2)3)5-9(6)12-11/h6-9H,4-5H2,1-3H3/t6-,7+,8-,9?/m1/s1. The van der Waals surface area contributed by atoms with E-state index in [9.17, 15) is 0 Å². The Morgan fingerprint density at radius 3 is 2.42 bits per heavy atom. The van der Waals surface area contributed by atoms with E-state index in [-0.39, 0.29) is 0 Å². The van der Waals surface area contributed by atoms with Crippen molar-refractivity contribution in [3.05, 3.63) is 0 Å². The zero-order valence-corrected chi connectivity index (χ0v) is 11.0. The third-order valence-electron chi connectivity index (χ3n) is 4.40. The predicted octanol–water partition coefficient (Wildman–Crippen LogP) is 4.14. The number of hydrogen-bond acceptors (Lipinski definition) is 1. The van der Waals surface area contributed by atoms with Crippen LogP contribution in [0.4, 0.5) is 0 Å². The van der Waals surface area contributed by atoms with Gasteiger partial charge in [0.25, 0.3) is 0 Å². The first-order valence-corrected chi connectivity index (χ1v) is 8.27. The highest BCUT2D eigenvalue weighted by Gasteiger charge is 2.56. The first-order valence-electron chi connectivity index (χ1n) is 4.84. The summed E-state index contributed by atoms with van der Waals surface area (Å²) in [6, 6.07) is 0. The van der Waals surface area contributed by atoms with Gasteiger partial charge in [0.1, 0.15) is 0 Å². The van der Waals surface area contributed by atoms with Gasteiger partial charge in [-0.2, -0.15) is 0 Å². The third-order valence-corrected chi connectivity index (χ3v) is 7.21. The molecule has 0 N–H and O–H groups in total. The van der Waals surface area contributed by atoms with E-state index in [1.54, 1.807) is 0 Å². The fourth-order valence-electron chi connectivity index (χ4n) is 3.22. The molecule has 3 rings (SSSR count). The zero-order valence-electron chi connectivity index (χ0n) is 8.01. The lowest BCUT2D eigenvalue weighted by atomic mass is 9.46. The van der Waals surface area contributed by atoms with Crippen LogP contribution < -0.4 is 0 Å². The van der Waals surface area contributed by atoms with Gasteiger partial charge in [-0.1, -0.05) is 29.7 Å². The molecular formula is C10H17IS. The summed E-state index contributed by atoms with van der Waals surface area (Å²) >= 11 is 2.48. The number of rotatable bonds is 1.